The smallest absolute Gasteiger partial charge is 0.275 e. The van der Waals surface area contributed by atoms with E-state index in [1.807, 2.05) is 6.92 Å². The first-order chi connectivity index (χ1) is 11.0. The Hall–Kier alpha value is -2.24. The number of hydrazone groups is 1. The molecule has 2 aromatic carbocycles. The van der Waals surface area contributed by atoms with Gasteiger partial charge in [0.05, 0.1) is 28.4 Å². The number of aromatic hydroxyl groups is 1. The molecule has 0 saturated heterocycles. The molecule has 0 aliphatic rings. The van der Waals surface area contributed by atoms with E-state index >= 15 is 0 Å². The van der Waals surface area contributed by atoms with Gasteiger partial charge in [-0.15, -0.1) is 0 Å². The van der Waals surface area contributed by atoms with Gasteiger partial charge in [0.15, 0.2) is 5.75 Å². The van der Waals surface area contributed by atoms with Crippen molar-refractivity contribution in [2.75, 3.05) is 6.61 Å². The lowest BCUT2D eigenvalue weighted by Crippen LogP contribution is -2.17. The summed E-state index contributed by atoms with van der Waals surface area (Å²) >= 11 is 12.2. The van der Waals surface area contributed by atoms with Gasteiger partial charge >= 0.3 is 0 Å². The Morgan fingerprint density at radius 1 is 1.30 bits per heavy atom. The predicted molar refractivity (Wildman–Crippen MR) is 90.8 cm³/mol. The molecule has 0 fully saturated rings. The van der Waals surface area contributed by atoms with Crippen molar-refractivity contribution in [1.29, 1.82) is 0 Å². The topological polar surface area (TPSA) is 70.9 Å². The van der Waals surface area contributed by atoms with Crippen LogP contribution >= 0.6 is 23.2 Å². The van der Waals surface area contributed by atoms with Crippen LogP contribution in [-0.4, -0.2) is 23.8 Å². The molecule has 0 aliphatic heterocycles. The Labute approximate surface area is 143 Å². The van der Waals surface area contributed by atoms with E-state index in [2.05, 4.69) is 10.5 Å². The minimum Gasteiger partial charge on any atom is -0.507 e. The number of nitrogens with zero attached hydrogens (tertiary/aromatic N) is 1. The quantitative estimate of drug-likeness (QED) is 0.633. The van der Waals surface area contributed by atoms with Crippen LogP contribution in [0, 0.1) is 0 Å². The zero-order valence-corrected chi connectivity index (χ0v) is 13.7. The van der Waals surface area contributed by atoms with Crippen LogP contribution in [0.2, 0.25) is 10.0 Å². The number of carbonyl (C=O) groups excluding carboxylic acids is 1. The number of hydrogen-bond donors (Lipinski definition) is 2. The molecule has 0 spiro atoms. The van der Waals surface area contributed by atoms with Crippen molar-refractivity contribution < 1.29 is 14.6 Å². The second-order valence-corrected chi connectivity index (χ2v) is 5.28. The molecule has 2 rings (SSSR count). The molecule has 0 atom stereocenters. The fraction of sp³-hybridized carbons (Fsp3) is 0.125. The molecule has 2 aromatic rings. The SMILES string of the molecule is CCOc1c(Cl)cc(/C=N\NC(=O)c2ccccc2O)cc1Cl. The van der Waals surface area contributed by atoms with Crippen molar-refractivity contribution in [1.82, 2.24) is 5.43 Å². The van der Waals surface area contributed by atoms with Crippen LogP contribution < -0.4 is 10.2 Å². The number of rotatable bonds is 5. The maximum atomic E-state index is 11.9. The van der Waals surface area contributed by atoms with Crippen molar-refractivity contribution in [3.8, 4) is 11.5 Å². The summed E-state index contributed by atoms with van der Waals surface area (Å²) in [7, 11) is 0. The molecular weight excluding hydrogens is 339 g/mol. The van der Waals surface area contributed by atoms with Crippen molar-refractivity contribution in [2.45, 2.75) is 6.92 Å². The third-order valence-electron chi connectivity index (χ3n) is 2.84. The molecule has 0 aliphatic carbocycles. The minimum atomic E-state index is -0.525. The summed E-state index contributed by atoms with van der Waals surface area (Å²) in [5, 5.41) is 14.1. The molecule has 0 saturated carbocycles. The molecule has 0 bridgehead atoms. The normalized spacial score (nSPS) is 10.7. The van der Waals surface area contributed by atoms with Gasteiger partial charge in [0.2, 0.25) is 0 Å². The number of para-hydroxylation sites is 1. The highest BCUT2D eigenvalue weighted by Crippen LogP contribution is 2.33. The van der Waals surface area contributed by atoms with Crippen molar-refractivity contribution in [2.24, 2.45) is 5.10 Å². The molecule has 0 aromatic heterocycles. The average Bonchev–Trinajstić information content (AvgIpc) is 2.51. The fourth-order valence-corrected chi connectivity index (χ4v) is 2.44. The largest absolute Gasteiger partial charge is 0.507 e. The zero-order chi connectivity index (χ0) is 16.8. The monoisotopic (exact) mass is 352 g/mol. The van der Waals surface area contributed by atoms with Gasteiger partial charge in [0.25, 0.3) is 5.91 Å². The van der Waals surface area contributed by atoms with E-state index < -0.39 is 5.91 Å². The molecule has 2 N–H and O–H groups in total. The second kappa shape index (κ2) is 7.85. The van der Waals surface area contributed by atoms with E-state index in [1.54, 1.807) is 24.3 Å². The number of ether oxygens (including phenoxy) is 1. The zero-order valence-electron chi connectivity index (χ0n) is 12.2. The van der Waals surface area contributed by atoms with Crippen LogP contribution in [0.1, 0.15) is 22.8 Å². The number of nitrogens with one attached hydrogen (secondary N) is 1. The first kappa shape index (κ1) is 17.1. The molecule has 1 amide bonds. The molecule has 120 valence electrons. The van der Waals surface area contributed by atoms with Crippen LogP contribution in [0.3, 0.4) is 0 Å². The van der Waals surface area contributed by atoms with Crippen LogP contribution in [0.4, 0.5) is 0 Å². The highest BCUT2D eigenvalue weighted by Gasteiger charge is 2.10. The van der Waals surface area contributed by atoms with E-state index in [1.165, 1.54) is 18.3 Å². The van der Waals surface area contributed by atoms with Gasteiger partial charge in [-0.2, -0.15) is 5.10 Å². The van der Waals surface area contributed by atoms with Crippen molar-refractivity contribution in [3.63, 3.8) is 0 Å². The third-order valence-corrected chi connectivity index (χ3v) is 3.40. The standard InChI is InChI=1S/C16H14Cl2N2O3/c1-2-23-15-12(17)7-10(8-13(15)18)9-19-20-16(22)11-5-3-4-6-14(11)21/h3-9,21H,2H2,1H3,(H,20,22)/b19-9-. The maximum absolute atomic E-state index is 11.9. The molecule has 23 heavy (non-hydrogen) atoms. The Kier molecular flexibility index (Phi) is 5.84. The van der Waals surface area contributed by atoms with Gasteiger partial charge in [0, 0.05) is 0 Å². The second-order valence-electron chi connectivity index (χ2n) is 4.46. The summed E-state index contributed by atoms with van der Waals surface area (Å²) in [6.45, 7) is 2.28. The number of carbonyl (C=O) groups is 1. The summed E-state index contributed by atoms with van der Waals surface area (Å²) < 4.78 is 5.33. The predicted octanol–water partition coefficient (Wildman–Crippen LogP) is 3.86. The molecule has 0 radical (unpaired) electrons. The Bertz CT molecular complexity index is 725. The molecule has 7 heteroatoms. The number of phenols is 1. The van der Waals surface area contributed by atoms with Crippen molar-refractivity contribution >= 4 is 35.3 Å². The van der Waals surface area contributed by atoms with E-state index in [0.29, 0.717) is 28.0 Å². The molecule has 5 nitrogen and oxygen atoms in total. The van der Waals surface area contributed by atoms with E-state index in [-0.39, 0.29) is 11.3 Å². The first-order valence-corrected chi connectivity index (χ1v) is 7.51. The number of amides is 1. The van der Waals surface area contributed by atoms with E-state index in [9.17, 15) is 9.90 Å². The van der Waals surface area contributed by atoms with E-state index in [4.69, 9.17) is 27.9 Å². The summed E-state index contributed by atoms with van der Waals surface area (Å²) in [6.07, 6.45) is 1.39. The van der Waals surface area contributed by atoms with Crippen LogP contribution in [-0.2, 0) is 0 Å². The van der Waals surface area contributed by atoms with Gasteiger partial charge < -0.3 is 9.84 Å². The summed E-state index contributed by atoms with van der Waals surface area (Å²) in [5.41, 5.74) is 3.05. The van der Waals surface area contributed by atoms with Gasteiger partial charge in [-0.05, 0) is 36.8 Å². The fourth-order valence-electron chi connectivity index (χ4n) is 1.83. The molecular formula is C16H14Cl2N2O3. The number of phenolic OH excluding ortho intramolecular Hbond substituents is 1. The molecule has 0 heterocycles. The summed E-state index contributed by atoms with van der Waals surface area (Å²) in [5.74, 6) is -0.235. The lowest BCUT2D eigenvalue weighted by atomic mass is 10.2. The lowest BCUT2D eigenvalue weighted by molar-refractivity contribution is 0.0952. The Morgan fingerprint density at radius 3 is 2.57 bits per heavy atom. The van der Waals surface area contributed by atoms with Gasteiger partial charge in [0.1, 0.15) is 5.75 Å². The Balaban J connectivity index is 2.09. The van der Waals surface area contributed by atoms with Gasteiger partial charge in [-0.3, -0.25) is 4.79 Å². The summed E-state index contributed by atoms with van der Waals surface area (Å²) in [6, 6.07) is 9.42. The van der Waals surface area contributed by atoms with Gasteiger partial charge in [-0.25, -0.2) is 5.43 Å². The van der Waals surface area contributed by atoms with E-state index in [0.717, 1.165) is 0 Å². The third kappa shape index (κ3) is 4.37. The highest BCUT2D eigenvalue weighted by molar-refractivity contribution is 6.37. The molecule has 0 unspecified atom stereocenters. The Morgan fingerprint density at radius 2 is 1.96 bits per heavy atom. The van der Waals surface area contributed by atoms with Gasteiger partial charge in [-0.1, -0.05) is 35.3 Å². The number of benzene rings is 2. The average molecular weight is 353 g/mol. The summed E-state index contributed by atoms with van der Waals surface area (Å²) in [4.78, 5) is 11.9. The van der Waals surface area contributed by atoms with Crippen molar-refractivity contribution in [3.05, 3.63) is 57.6 Å². The lowest BCUT2D eigenvalue weighted by Gasteiger charge is -2.08. The van der Waals surface area contributed by atoms with Crippen LogP contribution in [0.25, 0.3) is 0 Å². The van der Waals surface area contributed by atoms with Crippen LogP contribution in [0.15, 0.2) is 41.5 Å². The number of hydrogen-bond acceptors (Lipinski definition) is 4. The maximum Gasteiger partial charge on any atom is 0.275 e. The first-order valence-electron chi connectivity index (χ1n) is 6.76. The van der Waals surface area contributed by atoms with Crippen LogP contribution in [0.5, 0.6) is 11.5 Å². The minimum absolute atomic E-state index is 0.118. The highest BCUT2D eigenvalue weighted by atomic mass is 35.5. The number of halogens is 2.